The smallest absolute Gasteiger partial charge is 0.183 e. The maximum Gasteiger partial charge on any atom is 0.183 e. The molecule has 0 spiro atoms. The summed E-state index contributed by atoms with van der Waals surface area (Å²) >= 11 is 0. The van der Waals surface area contributed by atoms with Gasteiger partial charge in [-0.25, -0.2) is 0 Å². The van der Waals surface area contributed by atoms with Crippen LogP contribution in [0.3, 0.4) is 0 Å². The lowest BCUT2D eigenvalue weighted by molar-refractivity contribution is 0.284. The van der Waals surface area contributed by atoms with Crippen LogP contribution in [0.4, 0.5) is 0 Å². The molecule has 0 aromatic heterocycles. The van der Waals surface area contributed by atoms with Gasteiger partial charge < -0.3 is 4.43 Å². The highest BCUT2D eigenvalue weighted by Crippen LogP contribution is 2.19. The van der Waals surface area contributed by atoms with Gasteiger partial charge in [-0.05, 0) is 30.7 Å². The Hall–Kier alpha value is -1.29. The van der Waals surface area contributed by atoms with Crippen LogP contribution in [-0.4, -0.2) is 14.9 Å². The molecule has 0 aliphatic heterocycles. The van der Waals surface area contributed by atoms with Crippen molar-refractivity contribution in [2.75, 3.05) is 6.61 Å². The molecule has 1 unspecified atom stereocenters. The van der Waals surface area contributed by atoms with Gasteiger partial charge in [-0.1, -0.05) is 35.4 Å². The highest BCUT2D eigenvalue weighted by atomic mass is 28.4. The average Bonchev–Trinajstić information content (AvgIpc) is 2.24. The third-order valence-corrected chi connectivity index (χ3v) is 3.08. The summed E-state index contributed by atoms with van der Waals surface area (Å²) < 4.78 is 5.77. The van der Waals surface area contributed by atoms with E-state index in [1.165, 1.54) is 0 Å². The second-order valence-electron chi connectivity index (χ2n) is 4.55. The fraction of sp³-hybridized carbons (Fsp3) is 0.455. The van der Waals surface area contributed by atoms with Crippen molar-refractivity contribution >= 4 is 8.32 Å². The average molecular weight is 235 g/mol. The van der Waals surface area contributed by atoms with E-state index in [9.17, 15) is 0 Å². The summed E-state index contributed by atoms with van der Waals surface area (Å²) in [5, 5.41) is 3.78. The van der Waals surface area contributed by atoms with Gasteiger partial charge in [-0.2, -0.15) is 0 Å². The number of hydrogen-bond donors (Lipinski definition) is 0. The molecule has 1 rings (SSSR count). The Morgan fingerprint density at radius 2 is 1.94 bits per heavy atom. The molecule has 0 fully saturated rings. The lowest BCUT2D eigenvalue weighted by atomic mass is 10.1. The maximum atomic E-state index is 8.54. The standard InChI is InChI=1S/C11H17N3OSi/c1-16(2,3)15-9-11(13-14-12)10-7-5-4-6-8-10/h4-8,11H,9H2,1-3H3. The molecule has 0 aliphatic carbocycles. The quantitative estimate of drug-likeness (QED) is 0.330. The van der Waals surface area contributed by atoms with Crippen molar-refractivity contribution in [3.63, 3.8) is 0 Å². The molecule has 1 atom stereocenters. The van der Waals surface area contributed by atoms with Crippen molar-refractivity contribution in [2.24, 2.45) is 5.11 Å². The Morgan fingerprint density at radius 1 is 1.31 bits per heavy atom. The van der Waals surface area contributed by atoms with Crippen LogP contribution >= 0.6 is 0 Å². The number of azide groups is 1. The van der Waals surface area contributed by atoms with Gasteiger partial charge in [0.1, 0.15) is 0 Å². The second kappa shape index (κ2) is 5.70. The van der Waals surface area contributed by atoms with Crippen LogP contribution in [0.5, 0.6) is 0 Å². The molecular weight excluding hydrogens is 218 g/mol. The SMILES string of the molecule is C[Si](C)(C)OCC(N=[N+]=[N-])c1ccccc1. The van der Waals surface area contributed by atoms with Crippen LogP contribution in [-0.2, 0) is 4.43 Å². The molecule has 0 N–H and O–H groups in total. The minimum atomic E-state index is -1.57. The van der Waals surface area contributed by atoms with E-state index < -0.39 is 8.32 Å². The molecular formula is C11H17N3OSi. The van der Waals surface area contributed by atoms with Gasteiger partial charge in [-0.3, -0.25) is 0 Å². The zero-order valence-electron chi connectivity index (χ0n) is 9.92. The predicted octanol–water partition coefficient (Wildman–Crippen LogP) is 3.89. The van der Waals surface area contributed by atoms with Crippen molar-refractivity contribution < 1.29 is 4.43 Å². The van der Waals surface area contributed by atoms with Gasteiger partial charge in [-0.15, -0.1) is 0 Å². The van der Waals surface area contributed by atoms with Crippen molar-refractivity contribution in [1.29, 1.82) is 0 Å². The Labute approximate surface area is 97.0 Å². The van der Waals surface area contributed by atoms with Crippen molar-refractivity contribution in [1.82, 2.24) is 0 Å². The minimum Gasteiger partial charge on any atom is -0.417 e. The second-order valence-corrected chi connectivity index (χ2v) is 9.07. The fourth-order valence-electron chi connectivity index (χ4n) is 1.26. The van der Waals surface area contributed by atoms with Crippen LogP contribution in [0.25, 0.3) is 10.4 Å². The number of rotatable bonds is 5. The third-order valence-electron chi connectivity index (χ3n) is 2.05. The summed E-state index contributed by atoms with van der Waals surface area (Å²) in [6, 6.07) is 9.49. The van der Waals surface area contributed by atoms with Crippen LogP contribution in [0.15, 0.2) is 35.4 Å². The van der Waals surface area contributed by atoms with Crippen molar-refractivity contribution in [3.05, 3.63) is 46.3 Å². The normalized spacial score (nSPS) is 12.9. The first-order valence-electron chi connectivity index (χ1n) is 5.26. The van der Waals surface area contributed by atoms with E-state index >= 15 is 0 Å². The van der Waals surface area contributed by atoms with E-state index in [4.69, 9.17) is 9.96 Å². The molecule has 0 amide bonds. The topological polar surface area (TPSA) is 58.0 Å². The van der Waals surface area contributed by atoms with Crippen LogP contribution < -0.4 is 0 Å². The molecule has 86 valence electrons. The summed E-state index contributed by atoms with van der Waals surface area (Å²) in [5.41, 5.74) is 9.54. The zero-order valence-corrected chi connectivity index (χ0v) is 10.9. The van der Waals surface area contributed by atoms with Crippen LogP contribution in [0, 0.1) is 0 Å². The number of nitrogens with zero attached hydrogens (tertiary/aromatic N) is 3. The van der Waals surface area contributed by atoms with E-state index in [0.717, 1.165) is 5.56 Å². The lowest BCUT2D eigenvalue weighted by Crippen LogP contribution is -2.27. The van der Waals surface area contributed by atoms with Crippen molar-refractivity contribution in [3.8, 4) is 0 Å². The number of benzene rings is 1. The fourth-order valence-corrected chi connectivity index (χ4v) is 1.92. The Kier molecular flexibility index (Phi) is 4.55. The van der Waals surface area contributed by atoms with Gasteiger partial charge in [0.2, 0.25) is 0 Å². The first kappa shape index (κ1) is 12.8. The Balaban J connectivity index is 2.73. The van der Waals surface area contributed by atoms with E-state index in [1.54, 1.807) is 0 Å². The zero-order chi connectivity index (χ0) is 12.0. The summed E-state index contributed by atoms with van der Waals surface area (Å²) in [5.74, 6) is 0. The largest absolute Gasteiger partial charge is 0.417 e. The van der Waals surface area contributed by atoms with Gasteiger partial charge in [0, 0.05) is 11.5 Å². The molecule has 16 heavy (non-hydrogen) atoms. The molecule has 0 saturated heterocycles. The van der Waals surface area contributed by atoms with Gasteiger partial charge >= 0.3 is 0 Å². The van der Waals surface area contributed by atoms with E-state index in [-0.39, 0.29) is 6.04 Å². The highest BCUT2D eigenvalue weighted by Gasteiger charge is 2.17. The predicted molar refractivity (Wildman–Crippen MR) is 67.6 cm³/mol. The monoisotopic (exact) mass is 235 g/mol. The van der Waals surface area contributed by atoms with Crippen molar-refractivity contribution in [2.45, 2.75) is 25.7 Å². The minimum absolute atomic E-state index is 0.224. The highest BCUT2D eigenvalue weighted by molar-refractivity contribution is 6.69. The first-order chi connectivity index (χ1) is 7.53. The molecule has 1 aromatic carbocycles. The summed E-state index contributed by atoms with van der Waals surface area (Å²) in [4.78, 5) is 2.87. The molecule has 0 heterocycles. The van der Waals surface area contributed by atoms with E-state index in [1.807, 2.05) is 30.3 Å². The molecule has 0 bridgehead atoms. The number of hydrogen-bond acceptors (Lipinski definition) is 2. The summed E-state index contributed by atoms with van der Waals surface area (Å²) in [6.45, 7) is 6.81. The van der Waals surface area contributed by atoms with Crippen LogP contribution in [0.1, 0.15) is 11.6 Å². The van der Waals surface area contributed by atoms with Crippen LogP contribution in [0.2, 0.25) is 19.6 Å². The lowest BCUT2D eigenvalue weighted by Gasteiger charge is -2.20. The van der Waals surface area contributed by atoms with E-state index in [0.29, 0.717) is 6.61 Å². The summed E-state index contributed by atoms with van der Waals surface area (Å²) in [7, 11) is -1.57. The summed E-state index contributed by atoms with van der Waals surface area (Å²) in [6.07, 6.45) is 0. The molecule has 0 radical (unpaired) electrons. The molecule has 0 aliphatic rings. The Morgan fingerprint density at radius 3 is 2.44 bits per heavy atom. The molecule has 0 saturated carbocycles. The first-order valence-corrected chi connectivity index (χ1v) is 8.67. The maximum absolute atomic E-state index is 8.54. The van der Waals surface area contributed by atoms with Gasteiger partial charge in [0.05, 0.1) is 6.04 Å². The van der Waals surface area contributed by atoms with Gasteiger partial charge in [0.15, 0.2) is 8.32 Å². The molecule has 1 aromatic rings. The Bertz CT molecular complexity index is 369. The third kappa shape index (κ3) is 4.48. The van der Waals surface area contributed by atoms with E-state index in [2.05, 4.69) is 29.7 Å². The molecule has 5 heteroatoms. The molecule has 4 nitrogen and oxygen atoms in total. The van der Waals surface area contributed by atoms with Gasteiger partial charge in [0.25, 0.3) is 0 Å².